The Morgan fingerprint density at radius 2 is 2.31 bits per heavy atom. The first-order chi connectivity index (χ1) is 6.34. The number of nitrogens with zero attached hydrogens (tertiary/aromatic N) is 2. The summed E-state index contributed by atoms with van der Waals surface area (Å²) >= 11 is 0. The van der Waals surface area contributed by atoms with E-state index in [1.54, 1.807) is 6.07 Å². The van der Waals surface area contributed by atoms with Crippen LogP contribution in [-0.2, 0) is 0 Å². The van der Waals surface area contributed by atoms with E-state index in [2.05, 4.69) is 10.1 Å². The molecule has 0 amide bonds. The number of aromatic amines is 1. The monoisotopic (exact) mass is 175 g/mol. The van der Waals surface area contributed by atoms with E-state index in [0.29, 0.717) is 5.92 Å². The molecule has 0 atom stereocenters. The second kappa shape index (κ2) is 2.22. The van der Waals surface area contributed by atoms with E-state index < -0.39 is 0 Å². The summed E-state index contributed by atoms with van der Waals surface area (Å²) in [6.45, 7) is 0. The molecule has 0 bridgehead atoms. The molecule has 4 heteroatoms. The number of hydrogen-bond donors (Lipinski definition) is 1. The van der Waals surface area contributed by atoms with Gasteiger partial charge in [0.2, 0.25) is 0 Å². The molecule has 2 heterocycles. The van der Waals surface area contributed by atoms with Crippen molar-refractivity contribution in [3.8, 4) is 0 Å². The van der Waals surface area contributed by atoms with Gasteiger partial charge < -0.3 is 0 Å². The van der Waals surface area contributed by atoms with Gasteiger partial charge in [0.15, 0.2) is 5.65 Å². The highest BCUT2D eigenvalue weighted by atomic mass is 16.1. The van der Waals surface area contributed by atoms with Crippen LogP contribution < -0.4 is 5.56 Å². The maximum Gasteiger partial charge on any atom is 0.271 e. The Morgan fingerprint density at radius 1 is 1.46 bits per heavy atom. The lowest BCUT2D eigenvalue weighted by Gasteiger charge is -1.87. The van der Waals surface area contributed by atoms with Crippen molar-refractivity contribution in [1.29, 1.82) is 0 Å². The van der Waals surface area contributed by atoms with Crippen molar-refractivity contribution in [1.82, 2.24) is 14.6 Å². The summed E-state index contributed by atoms with van der Waals surface area (Å²) < 4.78 is 1.49. The molecule has 2 aromatic rings. The molecule has 1 fully saturated rings. The Hall–Kier alpha value is -1.58. The van der Waals surface area contributed by atoms with Crippen LogP contribution in [0.2, 0.25) is 0 Å². The third-order valence-corrected chi connectivity index (χ3v) is 2.36. The quantitative estimate of drug-likeness (QED) is 0.700. The lowest BCUT2D eigenvalue weighted by molar-refractivity contribution is 0.856. The fraction of sp³-hybridized carbons (Fsp3) is 0.333. The van der Waals surface area contributed by atoms with E-state index in [4.69, 9.17) is 0 Å². The van der Waals surface area contributed by atoms with E-state index in [1.807, 2.05) is 6.07 Å². The molecule has 4 nitrogen and oxygen atoms in total. The standard InChI is InChI=1S/C9H9N3O/c13-8-3-1-2-7-10-9(6-4-5-6)11-12(7)8/h1-3,6H,4-5H2,(H,10,11). The summed E-state index contributed by atoms with van der Waals surface area (Å²) in [5.41, 5.74) is 0.673. The van der Waals surface area contributed by atoms with Crippen LogP contribution in [-0.4, -0.2) is 14.6 Å². The number of aromatic nitrogens is 3. The summed E-state index contributed by atoms with van der Waals surface area (Å²) in [6.07, 6.45) is 2.38. The van der Waals surface area contributed by atoms with Crippen molar-refractivity contribution in [2.75, 3.05) is 0 Å². The molecule has 0 unspecified atom stereocenters. The number of hydrogen-bond acceptors (Lipinski definition) is 2. The molecule has 13 heavy (non-hydrogen) atoms. The second-order valence-corrected chi connectivity index (χ2v) is 3.44. The maximum absolute atomic E-state index is 11.3. The van der Waals surface area contributed by atoms with Crippen molar-refractivity contribution in [3.63, 3.8) is 0 Å². The first-order valence-electron chi connectivity index (χ1n) is 4.42. The lowest BCUT2D eigenvalue weighted by atomic mass is 10.4. The zero-order valence-corrected chi connectivity index (χ0v) is 7.03. The maximum atomic E-state index is 11.3. The topological polar surface area (TPSA) is 50.2 Å². The Balaban J connectivity index is 2.32. The molecular formula is C9H9N3O. The molecule has 1 N–H and O–H groups in total. The molecule has 2 aromatic heterocycles. The third kappa shape index (κ3) is 0.983. The number of fused-ring (bicyclic) bond motifs is 1. The molecule has 0 saturated heterocycles. The number of H-pyrrole nitrogens is 1. The Bertz CT molecular complexity index is 507. The Morgan fingerprint density at radius 3 is 3.00 bits per heavy atom. The molecule has 3 rings (SSSR count). The molecular weight excluding hydrogens is 166 g/mol. The second-order valence-electron chi connectivity index (χ2n) is 3.44. The SMILES string of the molecule is O=c1cccc2nc(C3CC3)[nH]n12. The van der Waals surface area contributed by atoms with Gasteiger partial charge in [0.25, 0.3) is 5.56 Å². The largest absolute Gasteiger partial charge is 0.276 e. The molecule has 66 valence electrons. The normalized spacial score (nSPS) is 16.6. The third-order valence-electron chi connectivity index (χ3n) is 2.36. The molecule has 1 aliphatic carbocycles. The van der Waals surface area contributed by atoms with Crippen molar-refractivity contribution >= 4 is 5.65 Å². The summed E-state index contributed by atoms with van der Waals surface area (Å²) in [4.78, 5) is 15.7. The number of nitrogens with one attached hydrogen (secondary N) is 1. The Kier molecular flexibility index (Phi) is 1.17. The van der Waals surface area contributed by atoms with Crippen LogP contribution in [0.15, 0.2) is 23.0 Å². The van der Waals surface area contributed by atoms with Crippen LogP contribution in [0.4, 0.5) is 0 Å². The predicted octanol–water partition coefficient (Wildman–Crippen LogP) is 0.900. The number of pyridine rings is 1. The van der Waals surface area contributed by atoms with E-state index in [0.717, 1.165) is 11.5 Å². The number of rotatable bonds is 1. The van der Waals surface area contributed by atoms with Gasteiger partial charge in [0.1, 0.15) is 5.82 Å². The van der Waals surface area contributed by atoms with Crippen LogP contribution in [0.1, 0.15) is 24.6 Å². The minimum atomic E-state index is -0.0445. The van der Waals surface area contributed by atoms with Gasteiger partial charge in [0, 0.05) is 12.0 Å². The van der Waals surface area contributed by atoms with Crippen LogP contribution in [0.25, 0.3) is 5.65 Å². The molecule has 0 aromatic carbocycles. The van der Waals surface area contributed by atoms with E-state index in [-0.39, 0.29) is 5.56 Å². The van der Waals surface area contributed by atoms with Crippen molar-refractivity contribution in [2.45, 2.75) is 18.8 Å². The first-order valence-corrected chi connectivity index (χ1v) is 4.42. The van der Waals surface area contributed by atoms with Gasteiger partial charge >= 0.3 is 0 Å². The highest BCUT2D eigenvalue weighted by Crippen LogP contribution is 2.37. The minimum absolute atomic E-state index is 0.0445. The molecule has 1 aliphatic rings. The van der Waals surface area contributed by atoms with Gasteiger partial charge in [-0.25, -0.2) is 9.50 Å². The first kappa shape index (κ1) is 6.88. The average molecular weight is 175 g/mol. The van der Waals surface area contributed by atoms with Gasteiger partial charge in [-0.1, -0.05) is 6.07 Å². The summed E-state index contributed by atoms with van der Waals surface area (Å²) in [5, 5.41) is 3.02. The molecule has 0 radical (unpaired) electrons. The summed E-state index contributed by atoms with van der Waals surface area (Å²) in [5.74, 6) is 1.50. The van der Waals surface area contributed by atoms with Gasteiger partial charge in [-0.2, -0.15) is 0 Å². The van der Waals surface area contributed by atoms with Gasteiger partial charge in [-0.3, -0.25) is 9.89 Å². The van der Waals surface area contributed by atoms with Gasteiger partial charge in [-0.15, -0.1) is 0 Å². The highest BCUT2D eigenvalue weighted by molar-refractivity contribution is 5.37. The fourth-order valence-electron chi connectivity index (χ4n) is 1.48. The van der Waals surface area contributed by atoms with Crippen LogP contribution in [0.3, 0.4) is 0 Å². The Labute approximate surface area is 74.2 Å². The smallest absolute Gasteiger partial charge is 0.271 e. The molecule has 1 saturated carbocycles. The summed E-state index contributed by atoms with van der Waals surface area (Å²) in [7, 11) is 0. The molecule has 0 spiro atoms. The van der Waals surface area contributed by atoms with Crippen LogP contribution in [0.5, 0.6) is 0 Å². The predicted molar refractivity (Wildman–Crippen MR) is 47.8 cm³/mol. The van der Waals surface area contributed by atoms with Crippen LogP contribution in [0, 0.1) is 0 Å². The van der Waals surface area contributed by atoms with Crippen molar-refractivity contribution < 1.29 is 0 Å². The fourth-order valence-corrected chi connectivity index (χ4v) is 1.48. The van der Waals surface area contributed by atoms with Gasteiger partial charge in [0.05, 0.1) is 0 Å². The van der Waals surface area contributed by atoms with Crippen molar-refractivity contribution in [2.24, 2.45) is 0 Å². The van der Waals surface area contributed by atoms with Crippen molar-refractivity contribution in [3.05, 3.63) is 34.4 Å². The highest BCUT2D eigenvalue weighted by Gasteiger charge is 2.26. The van der Waals surface area contributed by atoms with Crippen LogP contribution >= 0.6 is 0 Å². The van der Waals surface area contributed by atoms with Gasteiger partial charge in [-0.05, 0) is 18.9 Å². The molecule has 0 aliphatic heterocycles. The van der Waals surface area contributed by atoms with E-state index >= 15 is 0 Å². The lowest BCUT2D eigenvalue weighted by Crippen LogP contribution is -2.11. The zero-order chi connectivity index (χ0) is 8.84. The zero-order valence-electron chi connectivity index (χ0n) is 7.03. The average Bonchev–Trinajstić information content (AvgIpc) is 2.87. The van der Waals surface area contributed by atoms with E-state index in [1.165, 1.54) is 23.4 Å². The van der Waals surface area contributed by atoms with E-state index in [9.17, 15) is 4.79 Å². The summed E-state index contributed by atoms with van der Waals surface area (Å²) in [6, 6.07) is 5.10. The minimum Gasteiger partial charge on any atom is -0.276 e.